The van der Waals surface area contributed by atoms with Gasteiger partial charge in [0.1, 0.15) is 12.4 Å². The van der Waals surface area contributed by atoms with Crippen molar-refractivity contribution in [3.63, 3.8) is 0 Å². The fourth-order valence-corrected chi connectivity index (χ4v) is 5.33. The van der Waals surface area contributed by atoms with Crippen molar-refractivity contribution in [3.05, 3.63) is 50.7 Å². The van der Waals surface area contributed by atoms with Crippen molar-refractivity contribution in [2.45, 2.75) is 52.5 Å². The minimum absolute atomic E-state index is 0.00509. The smallest absolute Gasteiger partial charge is 0.242 e. The number of nitrogens with zero attached hydrogens (tertiary/aromatic N) is 2. The van der Waals surface area contributed by atoms with E-state index < -0.39 is 0 Å². The second-order valence-corrected chi connectivity index (χ2v) is 11.0. The van der Waals surface area contributed by atoms with Crippen molar-refractivity contribution < 1.29 is 14.3 Å². The van der Waals surface area contributed by atoms with Crippen LogP contribution in [0.3, 0.4) is 0 Å². The van der Waals surface area contributed by atoms with E-state index in [1.807, 2.05) is 30.0 Å². The number of benzene rings is 1. The summed E-state index contributed by atoms with van der Waals surface area (Å²) in [5, 5.41) is 2.79. The molecule has 33 heavy (non-hydrogen) atoms. The maximum absolute atomic E-state index is 13.5. The summed E-state index contributed by atoms with van der Waals surface area (Å²) in [6, 6.07) is 7.56. The molecule has 2 heterocycles. The molecule has 1 saturated carbocycles. The van der Waals surface area contributed by atoms with Crippen LogP contribution < -0.4 is 4.74 Å². The Hall–Kier alpha value is -2.05. The lowest BCUT2D eigenvalue weighted by Gasteiger charge is -2.37. The third kappa shape index (κ3) is 5.90. The molecule has 1 aromatic heterocycles. The molecule has 0 radical (unpaired) electrons. The molecular formula is C26H33ClN2O3S. The highest BCUT2D eigenvalue weighted by atomic mass is 35.5. The molecule has 2 aliphatic rings. The number of amides is 2. The second kappa shape index (κ2) is 10.5. The highest BCUT2D eigenvalue weighted by molar-refractivity contribution is 7.10. The molecule has 5 nitrogen and oxygen atoms in total. The summed E-state index contributed by atoms with van der Waals surface area (Å²) >= 11 is 7.89. The van der Waals surface area contributed by atoms with Crippen LogP contribution in [0.4, 0.5) is 0 Å². The molecule has 1 aromatic carbocycles. The SMILES string of the molecule is Cc1cc(OC[C@H]2c3ccsc3CCN2C(=O)CN(CCC(C)C)C(=O)C2CC2)ccc1Cl. The molecule has 0 unspecified atom stereocenters. The Kier molecular flexibility index (Phi) is 7.65. The maximum Gasteiger partial charge on any atom is 0.242 e. The number of thiophene rings is 1. The van der Waals surface area contributed by atoms with Gasteiger partial charge in [0.05, 0.1) is 12.6 Å². The van der Waals surface area contributed by atoms with Gasteiger partial charge in [-0.25, -0.2) is 0 Å². The molecule has 0 N–H and O–H groups in total. The van der Waals surface area contributed by atoms with Gasteiger partial charge in [0.2, 0.25) is 11.8 Å². The Morgan fingerprint density at radius 3 is 2.76 bits per heavy atom. The van der Waals surface area contributed by atoms with E-state index in [4.69, 9.17) is 16.3 Å². The number of hydrogen-bond donors (Lipinski definition) is 0. The molecular weight excluding hydrogens is 456 g/mol. The molecule has 178 valence electrons. The van der Waals surface area contributed by atoms with Crippen molar-refractivity contribution in [1.29, 1.82) is 0 Å². The van der Waals surface area contributed by atoms with E-state index in [0.29, 0.717) is 30.6 Å². The molecule has 7 heteroatoms. The van der Waals surface area contributed by atoms with E-state index in [-0.39, 0.29) is 30.3 Å². The van der Waals surface area contributed by atoms with Crippen LogP contribution in [0.1, 0.15) is 55.2 Å². The van der Waals surface area contributed by atoms with Gasteiger partial charge in [-0.1, -0.05) is 25.4 Å². The maximum atomic E-state index is 13.5. The number of ether oxygens (including phenoxy) is 1. The standard InChI is InChI=1S/C26H33ClN2O3S/c1-17(2)8-11-28(26(31)19-4-5-19)15-25(30)29-12-9-24-21(10-13-33-24)23(29)16-32-20-6-7-22(27)18(3)14-20/h6-7,10,13-14,17,19,23H,4-5,8-9,11-12,15-16H2,1-3H3/t23-/m0/s1. The van der Waals surface area contributed by atoms with Crippen molar-refractivity contribution in [1.82, 2.24) is 9.80 Å². The van der Waals surface area contributed by atoms with Crippen LogP contribution in [0.2, 0.25) is 5.02 Å². The van der Waals surface area contributed by atoms with Crippen molar-refractivity contribution in [3.8, 4) is 5.75 Å². The van der Waals surface area contributed by atoms with Gasteiger partial charge in [-0.2, -0.15) is 0 Å². The Bertz CT molecular complexity index is 1000. The number of aryl methyl sites for hydroxylation is 1. The van der Waals surface area contributed by atoms with Crippen molar-refractivity contribution >= 4 is 34.8 Å². The Morgan fingerprint density at radius 2 is 2.06 bits per heavy atom. The van der Waals surface area contributed by atoms with E-state index in [1.165, 1.54) is 4.88 Å². The van der Waals surface area contributed by atoms with Crippen molar-refractivity contribution in [2.24, 2.45) is 11.8 Å². The van der Waals surface area contributed by atoms with Crippen LogP contribution in [-0.2, 0) is 16.0 Å². The predicted octanol–water partition coefficient (Wildman–Crippen LogP) is 5.50. The Labute approximate surface area is 205 Å². The largest absolute Gasteiger partial charge is 0.491 e. The third-order valence-electron chi connectivity index (χ3n) is 6.49. The fraction of sp³-hybridized carbons (Fsp3) is 0.538. The summed E-state index contributed by atoms with van der Waals surface area (Å²) in [7, 11) is 0. The van der Waals surface area contributed by atoms with Gasteiger partial charge in [-0.15, -0.1) is 11.3 Å². The number of hydrogen-bond acceptors (Lipinski definition) is 4. The van der Waals surface area contributed by atoms with E-state index in [0.717, 1.165) is 42.6 Å². The minimum atomic E-state index is -0.161. The zero-order valence-electron chi connectivity index (χ0n) is 19.7. The molecule has 0 spiro atoms. The number of rotatable bonds is 9. The molecule has 0 bridgehead atoms. The lowest BCUT2D eigenvalue weighted by atomic mass is 10.00. The van der Waals surface area contributed by atoms with Gasteiger partial charge in [0.25, 0.3) is 0 Å². The van der Waals surface area contributed by atoms with Gasteiger partial charge in [0, 0.05) is 28.9 Å². The zero-order valence-corrected chi connectivity index (χ0v) is 21.3. The number of carbonyl (C=O) groups excluding carboxylic acids is 2. The number of carbonyl (C=O) groups is 2. The Morgan fingerprint density at radius 1 is 1.27 bits per heavy atom. The van der Waals surface area contributed by atoms with E-state index in [2.05, 4.69) is 25.3 Å². The highest BCUT2D eigenvalue weighted by Crippen LogP contribution is 2.35. The first-order valence-corrected chi connectivity index (χ1v) is 13.1. The van der Waals surface area contributed by atoms with Crippen LogP contribution in [0.25, 0.3) is 0 Å². The summed E-state index contributed by atoms with van der Waals surface area (Å²) in [6.07, 6.45) is 3.65. The molecule has 2 aromatic rings. The lowest BCUT2D eigenvalue weighted by molar-refractivity contribution is -0.143. The molecule has 0 saturated heterocycles. The van der Waals surface area contributed by atoms with Crippen LogP contribution in [0.5, 0.6) is 5.75 Å². The first-order valence-electron chi connectivity index (χ1n) is 11.9. The first-order chi connectivity index (χ1) is 15.8. The average molecular weight is 489 g/mol. The summed E-state index contributed by atoms with van der Waals surface area (Å²) in [4.78, 5) is 31.4. The quantitative estimate of drug-likeness (QED) is 0.468. The number of halogens is 1. The van der Waals surface area contributed by atoms with E-state index in [1.54, 1.807) is 16.2 Å². The van der Waals surface area contributed by atoms with Crippen LogP contribution >= 0.6 is 22.9 Å². The molecule has 4 rings (SSSR count). The van der Waals surface area contributed by atoms with Gasteiger partial charge < -0.3 is 14.5 Å². The molecule has 1 aliphatic carbocycles. The lowest BCUT2D eigenvalue weighted by Crippen LogP contribution is -2.48. The van der Waals surface area contributed by atoms with Crippen LogP contribution in [-0.4, -0.2) is 47.9 Å². The monoisotopic (exact) mass is 488 g/mol. The average Bonchev–Trinajstić information content (AvgIpc) is 3.53. The third-order valence-corrected chi connectivity index (χ3v) is 7.91. The summed E-state index contributed by atoms with van der Waals surface area (Å²) in [5.41, 5.74) is 2.12. The van der Waals surface area contributed by atoms with Gasteiger partial charge in [0.15, 0.2) is 0 Å². The summed E-state index contributed by atoms with van der Waals surface area (Å²) in [5.74, 6) is 1.49. The number of fused-ring (bicyclic) bond motifs is 1. The van der Waals surface area contributed by atoms with Crippen LogP contribution in [0.15, 0.2) is 29.6 Å². The topological polar surface area (TPSA) is 49.9 Å². The molecule has 1 aliphatic heterocycles. The van der Waals surface area contributed by atoms with E-state index in [9.17, 15) is 9.59 Å². The molecule has 2 amide bonds. The normalized spacial score (nSPS) is 17.7. The van der Waals surface area contributed by atoms with Gasteiger partial charge in [-0.05, 0) is 79.3 Å². The summed E-state index contributed by atoms with van der Waals surface area (Å²) in [6.45, 7) is 8.06. The fourth-order valence-electron chi connectivity index (χ4n) is 4.28. The van der Waals surface area contributed by atoms with Gasteiger partial charge in [-0.3, -0.25) is 9.59 Å². The predicted molar refractivity (Wildman–Crippen MR) is 133 cm³/mol. The minimum Gasteiger partial charge on any atom is -0.491 e. The molecule has 1 fully saturated rings. The summed E-state index contributed by atoms with van der Waals surface area (Å²) < 4.78 is 6.14. The highest BCUT2D eigenvalue weighted by Gasteiger charge is 2.37. The molecule has 1 atom stereocenters. The van der Waals surface area contributed by atoms with Gasteiger partial charge >= 0.3 is 0 Å². The van der Waals surface area contributed by atoms with E-state index >= 15 is 0 Å². The first kappa shape index (κ1) is 24.1. The van der Waals surface area contributed by atoms with Crippen molar-refractivity contribution in [2.75, 3.05) is 26.2 Å². The second-order valence-electron chi connectivity index (χ2n) is 9.59. The Balaban J connectivity index is 1.49. The van der Waals surface area contributed by atoms with Crippen LogP contribution in [0, 0.1) is 18.8 Å². The zero-order chi connectivity index (χ0) is 23.5.